The van der Waals surface area contributed by atoms with E-state index in [2.05, 4.69) is 17.1 Å². The van der Waals surface area contributed by atoms with Crippen LogP contribution in [0.2, 0.25) is 0 Å². The monoisotopic (exact) mass is 449 g/mol. The number of benzene rings is 2. The minimum absolute atomic E-state index is 0.0410. The van der Waals surface area contributed by atoms with Crippen LogP contribution in [-0.4, -0.2) is 53.9 Å². The summed E-state index contributed by atoms with van der Waals surface area (Å²) in [6.07, 6.45) is 3.08. The van der Waals surface area contributed by atoms with E-state index in [1.54, 1.807) is 24.4 Å². The van der Waals surface area contributed by atoms with Gasteiger partial charge in [0.2, 0.25) is 10.0 Å². The van der Waals surface area contributed by atoms with E-state index in [1.165, 1.54) is 9.87 Å². The highest BCUT2D eigenvalue weighted by Gasteiger charge is 2.50. The molecule has 3 aliphatic rings. The van der Waals surface area contributed by atoms with Crippen LogP contribution in [0.25, 0.3) is 10.9 Å². The molecule has 32 heavy (non-hydrogen) atoms. The van der Waals surface area contributed by atoms with Crippen molar-refractivity contribution in [3.63, 3.8) is 0 Å². The third-order valence-corrected chi connectivity index (χ3v) is 8.87. The van der Waals surface area contributed by atoms with Gasteiger partial charge in [0.05, 0.1) is 11.6 Å². The molecule has 164 valence electrons. The zero-order valence-electron chi connectivity index (χ0n) is 17.4. The van der Waals surface area contributed by atoms with E-state index in [0.29, 0.717) is 31.4 Å². The molecule has 1 aliphatic carbocycles. The third-order valence-electron chi connectivity index (χ3n) is 6.94. The van der Waals surface area contributed by atoms with E-state index < -0.39 is 10.0 Å². The van der Waals surface area contributed by atoms with Crippen LogP contribution in [0.5, 0.6) is 0 Å². The quantitative estimate of drug-likeness (QED) is 0.611. The lowest BCUT2D eigenvalue weighted by Gasteiger charge is -2.37. The van der Waals surface area contributed by atoms with Crippen molar-refractivity contribution in [2.24, 2.45) is 0 Å². The number of pyridine rings is 1. The maximum Gasteiger partial charge on any atom is 0.411 e. The molecule has 2 aliphatic heterocycles. The van der Waals surface area contributed by atoms with E-state index in [4.69, 9.17) is 4.74 Å². The number of fused-ring (bicyclic) bond motifs is 4. The number of aromatic nitrogens is 1. The summed E-state index contributed by atoms with van der Waals surface area (Å²) in [5.41, 5.74) is 2.87. The fourth-order valence-corrected chi connectivity index (χ4v) is 7.07. The molecule has 0 N–H and O–H groups in total. The molecule has 2 atom stereocenters. The third kappa shape index (κ3) is 2.93. The van der Waals surface area contributed by atoms with Gasteiger partial charge in [0.1, 0.15) is 11.0 Å². The second kappa shape index (κ2) is 7.28. The van der Waals surface area contributed by atoms with E-state index in [9.17, 15) is 13.2 Å². The molecule has 0 spiro atoms. The molecule has 2 aromatic carbocycles. The molecular formula is C24H23N3O4S. The van der Waals surface area contributed by atoms with Gasteiger partial charge >= 0.3 is 6.09 Å². The van der Waals surface area contributed by atoms with Gasteiger partial charge in [-0.15, -0.1) is 0 Å². The Kier molecular flexibility index (Phi) is 4.48. The number of nitrogens with zero attached hydrogens (tertiary/aromatic N) is 3. The molecule has 6 rings (SSSR count). The van der Waals surface area contributed by atoms with Gasteiger partial charge in [-0.3, -0.25) is 9.88 Å². The Balaban J connectivity index is 1.24. The molecule has 0 bridgehead atoms. The molecule has 1 amide bonds. The zero-order valence-corrected chi connectivity index (χ0v) is 18.2. The molecule has 2 fully saturated rings. The molecule has 0 unspecified atom stereocenters. The SMILES string of the molecule is O=C1O[C@@H]2Cc3ccccc3[C@@H]2N1C1CCN(S(=O)(=O)c2cccc3cccnc23)CC1. The summed E-state index contributed by atoms with van der Waals surface area (Å²) in [5, 5.41) is 0.800. The van der Waals surface area contributed by atoms with Crippen molar-refractivity contribution in [1.82, 2.24) is 14.2 Å². The van der Waals surface area contributed by atoms with E-state index >= 15 is 0 Å². The van der Waals surface area contributed by atoms with Crippen molar-refractivity contribution in [2.45, 2.75) is 42.3 Å². The van der Waals surface area contributed by atoms with Gasteiger partial charge in [-0.2, -0.15) is 4.31 Å². The largest absolute Gasteiger partial charge is 0.443 e. The van der Waals surface area contributed by atoms with Crippen LogP contribution in [-0.2, 0) is 21.2 Å². The van der Waals surface area contributed by atoms with E-state index in [1.807, 2.05) is 29.2 Å². The standard InChI is InChI=1S/C24H23N3O4S/c28-24-27(23-19-8-2-1-5-17(19)15-20(23)31-24)18-10-13-26(14-11-18)32(29,30)21-9-3-6-16-7-4-12-25-22(16)21/h1-9,12,18,20,23H,10-11,13-15H2/t20-,23+/m1/s1. The molecule has 0 saturated carbocycles. The van der Waals surface area contributed by atoms with Crippen molar-refractivity contribution < 1.29 is 17.9 Å². The van der Waals surface area contributed by atoms with Gasteiger partial charge in [-0.1, -0.05) is 42.5 Å². The number of piperidine rings is 1. The maximum atomic E-state index is 13.4. The van der Waals surface area contributed by atoms with Gasteiger partial charge in [-0.25, -0.2) is 13.2 Å². The fraction of sp³-hybridized carbons (Fsp3) is 0.333. The number of sulfonamides is 1. The highest BCUT2D eigenvalue weighted by molar-refractivity contribution is 7.89. The fourth-order valence-electron chi connectivity index (χ4n) is 5.44. The number of rotatable bonds is 3. The van der Waals surface area contributed by atoms with Crippen molar-refractivity contribution in [2.75, 3.05) is 13.1 Å². The Labute approximate surface area is 186 Å². The van der Waals surface area contributed by atoms with Crippen LogP contribution in [0.3, 0.4) is 0 Å². The maximum absolute atomic E-state index is 13.4. The van der Waals surface area contributed by atoms with E-state index in [0.717, 1.165) is 17.4 Å². The summed E-state index contributed by atoms with van der Waals surface area (Å²) in [5.74, 6) is 0. The Morgan fingerprint density at radius 2 is 1.75 bits per heavy atom. The summed E-state index contributed by atoms with van der Waals surface area (Å²) < 4.78 is 34.1. The normalized spacial score (nSPS) is 23.9. The molecular weight excluding hydrogens is 426 g/mol. The number of para-hydroxylation sites is 1. The molecule has 3 aromatic rings. The first kappa shape index (κ1) is 19.7. The van der Waals surface area contributed by atoms with Gasteiger partial charge in [0.15, 0.2) is 0 Å². The van der Waals surface area contributed by atoms with Crippen LogP contribution < -0.4 is 0 Å². The highest BCUT2D eigenvalue weighted by Crippen LogP contribution is 2.45. The first-order chi connectivity index (χ1) is 15.5. The molecule has 3 heterocycles. The average molecular weight is 450 g/mol. The Bertz CT molecular complexity index is 1310. The van der Waals surface area contributed by atoms with Crippen molar-refractivity contribution in [1.29, 1.82) is 0 Å². The van der Waals surface area contributed by atoms with Gasteiger partial charge in [-0.05, 0) is 36.1 Å². The van der Waals surface area contributed by atoms with Gasteiger partial charge in [0.25, 0.3) is 0 Å². The lowest BCUT2D eigenvalue weighted by atomic mass is 10.00. The van der Waals surface area contributed by atoms with Crippen LogP contribution in [0.1, 0.15) is 30.0 Å². The Morgan fingerprint density at radius 1 is 0.969 bits per heavy atom. The summed E-state index contributed by atoms with van der Waals surface area (Å²) in [7, 11) is -3.68. The second-order valence-corrected chi connectivity index (χ2v) is 10.6. The molecule has 7 nitrogen and oxygen atoms in total. The minimum Gasteiger partial charge on any atom is -0.443 e. The van der Waals surface area contributed by atoms with E-state index in [-0.39, 0.29) is 29.2 Å². The average Bonchev–Trinajstić information content (AvgIpc) is 3.33. The number of hydrogen-bond donors (Lipinski definition) is 0. The number of carbonyl (C=O) groups is 1. The van der Waals surface area contributed by atoms with Crippen molar-refractivity contribution >= 4 is 27.0 Å². The van der Waals surface area contributed by atoms with Gasteiger partial charge in [0, 0.05) is 37.1 Å². The zero-order chi connectivity index (χ0) is 21.9. The lowest BCUT2D eigenvalue weighted by molar-refractivity contribution is 0.119. The summed E-state index contributed by atoms with van der Waals surface area (Å²) in [4.78, 5) is 19.1. The van der Waals surface area contributed by atoms with Crippen LogP contribution in [0.15, 0.2) is 65.7 Å². The number of carbonyl (C=O) groups excluding carboxylic acids is 1. The van der Waals surface area contributed by atoms with Crippen LogP contribution >= 0.6 is 0 Å². The van der Waals surface area contributed by atoms with Crippen LogP contribution in [0.4, 0.5) is 4.79 Å². The number of ether oxygens (including phenoxy) is 1. The Hall–Kier alpha value is -2.97. The van der Waals surface area contributed by atoms with Gasteiger partial charge < -0.3 is 4.74 Å². The summed E-state index contributed by atoms with van der Waals surface area (Å²) in [6, 6.07) is 17.0. The summed E-state index contributed by atoms with van der Waals surface area (Å²) in [6.45, 7) is 0.720. The van der Waals surface area contributed by atoms with Crippen molar-refractivity contribution in [3.05, 3.63) is 71.9 Å². The minimum atomic E-state index is -3.68. The molecule has 8 heteroatoms. The van der Waals surface area contributed by atoms with Crippen molar-refractivity contribution in [3.8, 4) is 0 Å². The molecule has 2 saturated heterocycles. The topological polar surface area (TPSA) is 79.8 Å². The number of amides is 1. The number of hydrogen-bond acceptors (Lipinski definition) is 5. The molecule has 1 aromatic heterocycles. The predicted octanol–water partition coefficient (Wildman–Crippen LogP) is 3.51. The first-order valence-corrected chi connectivity index (χ1v) is 12.4. The second-order valence-electron chi connectivity index (χ2n) is 8.64. The van der Waals surface area contributed by atoms with Crippen LogP contribution in [0, 0.1) is 0 Å². The highest BCUT2D eigenvalue weighted by atomic mass is 32.2. The smallest absolute Gasteiger partial charge is 0.411 e. The lowest BCUT2D eigenvalue weighted by Crippen LogP contribution is -2.47. The Morgan fingerprint density at radius 3 is 2.59 bits per heavy atom. The predicted molar refractivity (Wildman–Crippen MR) is 119 cm³/mol. The molecule has 0 radical (unpaired) electrons. The summed E-state index contributed by atoms with van der Waals surface area (Å²) >= 11 is 0. The first-order valence-electron chi connectivity index (χ1n) is 10.9.